The number of hydrogen-bond acceptors (Lipinski definition) is 6. The second kappa shape index (κ2) is 10.4. The van der Waals surface area contributed by atoms with Crippen LogP contribution in [0.15, 0.2) is 55.1 Å². The minimum absolute atomic E-state index is 0.0858. The smallest absolute Gasteiger partial charge is 0.0844 e. The van der Waals surface area contributed by atoms with Crippen LogP contribution in [0.3, 0.4) is 0 Å². The molecule has 0 aromatic heterocycles. The Morgan fingerprint density at radius 3 is 2.61 bits per heavy atom. The highest BCUT2D eigenvalue weighted by molar-refractivity contribution is 7.79. The van der Waals surface area contributed by atoms with Crippen molar-refractivity contribution in [2.24, 2.45) is 0 Å². The van der Waals surface area contributed by atoms with Crippen molar-refractivity contribution in [1.29, 1.82) is 16.2 Å². The molecule has 0 aliphatic rings. The molecule has 2 rings (SSSR count). The highest BCUT2D eigenvalue weighted by Gasteiger charge is 2.15. The molecule has 0 radical (unpaired) electrons. The van der Waals surface area contributed by atoms with Crippen LogP contribution in [-0.4, -0.2) is 29.6 Å². The minimum Gasteiger partial charge on any atom is -0.398 e. The number of rotatable bonds is 11. The van der Waals surface area contributed by atoms with E-state index >= 15 is 0 Å². The molecule has 2 aromatic rings. The number of nitrogens with one attached hydrogen (secondary N) is 4. The van der Waals surface area contributed by atoms with Crippen molar-refractivity contribution in [2.45, 2.75) is 18.9 Å². The molecule has 0 aliphatic heterocycles. The topological polar surface area (TPSA) is 110 Å². The van der Waals surface area contributed by atoms with Gasteiger partial charge in [0.05, 0.1) is 11.4 Å². The first-order chi connectivity index (χ1) is 13.5. The molecule has 0 fully saturated rings. The molecule has 6 N–H and O–H groups in total. The summed E-state index contributed by atoms with van der Waals surface area (Å²) in [5, 5.41) is 29.1. The van der Waals surface area contributed by atoms with Crippen molar-refractivity contribution in [3.05, 3.63) is 77.4 Å². The SMILES string of the molecule is C=CCNCc1cccc(CC(=N)C(=N)c2cc(C(C=N)C=S)ccc2N)c1. The van der Waals surface area contributed by atoms with E-state index in [1.807, 2.05) is 30.3 Å². The summed E-state index contributed by atoms with van der Waals surface area (Å²) in [6.45, 7) is 5.15. The van der Waals surface area contributed by atoms with Crippen molar-refractivity contribution in [3.63, 3.8) is 0 Å². The third-order valence-corrected chi connectivity index (χ3v) is 4.64. The maximum atomic E-state index is 8.45. The fourth-order valence-corrected chi connectivity index (χ4v) is 3.07. The summed E-state index contributed by atoms with van der Waals surface area (Å²) in [5.41, 5.74) is 10.1. The zero-order chi connectivity index (χ0) is 20.5. The van der Waals surface area contributed by atoms with Crippen LogP contribution >= 0.6 is 12.2 Å². The second-order valence-corrected chi connectivity index (χ2v) is 6.72. The zero-order valence-corrected chi connectivity index (χ0v) is 16.5. The molecule has 0 bridgehead atoms. The summed E-state index contributed by atoms with van der Waals surface area (Å²) in [4.78, 5) is 0. The molecule has 28 heavy (non-hydrogen) atoms. The predicted molar refractivity (Wildman–Crippen MR) is 123 cm³/mol. The van der Waals surface area contributed by atoms with E-state index in [2.05, 4.69) is 11.9 Å². The lowest BCUT2D eigenvalue weighted by atomic mass is 9.93. The van der Waals surface area contributed by atoms with Gasteiger partial charge in [-0.3, -0.25) is 5.41 Å². The average Bonchev–Trinajstić information content (AvgIpc) is 2.70. The molecule has 0 amide bonds. The molecule has 0 heterocycles. The zero-order valence-electron chi connectivity index (χ0n) is 15.7. The molecule has 6 heteroatoms. The van der Waals surface area contributed by atoms with Gasteiger partial charge >= 0.3 is 0 Å². The van der Waals surface area contributed by atoms with E-state index in [0.29, 0.717) is 17.7 Å². The lowest BCUT2D eigenvalue weighted by molar-refractivity contribution is 0.760. The van der Waals surface area contributed by atoms with Gasteiger partial charge in [-0.25, -0.2) is 0 Å². The maximum Gasteiger partial charge on any atom is 0.0844 e. The van der Waals surface area contributed by atoms with Crippen LogP contribution in [0.4, 0.5) is 5.69 Å². The monoisotopic (exact) mass is 391 g/mol. The summed E-state index contributed by atoms with van der Waals surface area (Å²) in [5.74, 6) is -0.309. The van der Waals surface area contributed by atoms with Gasteiger partial charge in [-0.2, -0.15) is 0 Å². The van der Waals surface area contributed by atoms with Gasteiger partial charge in [-0.15, -0.1) is 6.58 Å². The van der Waals surface area contributed by atoms with Crippen molar-refractivity contribution in [3.8, 4) is 0 Å². The van der Waals surface area contributed by atoms with Crippen LogP contribution in [0.5, 0.6) is 0 Å². The van der Waals surface area contributed by atoms with Crippen LogP contribution < -0.4 is 11.1 Å². The Morgan fingerprint density at radius 2 is 1.93 bits per heavy atom. The molecule has 0 saturated heterocycles. The third kappa shape index (κ3) is 5.52. The quantitative estimate of drug-likeness (QED) is 0.132. The normalized spacial score (nSPS) is 11.4. The standard InChI is InChI=1S/C22H25N5S/c1-2-8-27-13-16-5-3-4-15(9-16)10-21(25)22(26)19-11-17(6-7-20(19)24)18(12-23)14-28/h2-7,9,11-12,14,18,23,25-27H,1,8,10,13,24H2. The largest absolute Gasteiger partial charge is 0.398 e. The number of thiocarbonyl (C=S) groups is 1. The summed E-state index contributed by atoms with van der Waals surface area (Å²) in [6, 6.07) is 13.2. The van der Waals surface area contributed by atoms with E-state index in [-0.39, 0.29) is 17.3 Å². The Hall–Kier alpha value is -2.96. The second-order valence-electron chi connectivity index (χ2n) is 6.45. The Labute approximate surface area is 171 Å². The molecule has 144 valence electrons. The third-order valence-electron chi connectivity index (χ3n) is 4.35. The molecular formula is C22H25N5S. The number of benzene rings is 2. The highest BCUT2D eigenvalue weighted by Crippen LogP contribution is 2.21. The first kappa shape index (κ1) is 21.3. The molecule has 0 saturated carbocycles. The van der Waals surface area contributed by atoms with Crippen LogP contribution in [-0.2, 0) is 13.0 Å². The van der Waals surface area contributed by atoms with Crippen LogP contribution in [0.2, 0.25) is 0 Å². The van der Waals surface area contributed by atoms with Crippen LogP contribution in [0, 0.1) is 16.2 Å². The minimum atomic E-state index is -0.309. The Balaban J connectivity index is 2.17. The van der Waals surface area contributed by atoms with Crippen molar-refractivity contribution in [2.75, 3.05) is 12.3 Å². The van der Waals surface area contributed by atoms with E-state index in [1.54, 1.807) is 18.2 Å². The molecule has 1 unspecified atom stereocenters. The van der Waals surface area contributed by atoms with Gasteiger partial charge in [0.2, 0.25) is 0 Å². The molecule has 5 nitrogen and oxygen atoms in total. The van der Waals surface area contributed by atoms with E-state index in [4.69, 9.17) is 34.2 Å². The first-order valence-electron chi connectivity index (χ1n) is 8.91. The summed E-state index contributed by atoms with van der Waals surface area (Å²) < 4.78 is 0. The van der Waals surface area contributed by atoms with Gasteiger partial charge in [-0.05, 0) is 34.2 Å². The van der Waals surface area contributed by atoms with Crippen molar-refractivity contribution < 1.29 is 0 Å². The lowest BCUT2D eigenvalue weighted by Crippen LogP contribution is -2.18. The summed E-state index contributed by atoms with van der Waals surface area (Å²) in [6.07, 6.45) is 3.41. The first-order valence-corrected chi connectivity index (χ1v) is 9.38. The average molecular weight is 392 g/mol. The van der Waals surface area contributed by atoms with Gasteiger partial charge in [0, 0.05) is 42.9 Å². The van der Waals surface area contributed by atoms with Crippen LogP contribution in [0.25, 0.3) is 0 Å². The Bertz CT molecular complexity index is 896. The van der Waals surface area contributed by atoms with E-state index < -0.39 is 0 Å². The number of nitrogens with two attached hydrogens (primary N) is 1. The molecule has 0 aliphatic carbocycles. The molecular weight excluding hydrogens is 366 g/mol. The molecule has 0 spiro atoms. The number of hydrogen-bond donors (Lipinski definition) is 5. The van der Waals surface area contributed by atoms with Gasteiger partial charge in [0.15, 0.2) is 0 Å². The van der Waals surface area contributed by atoms with Gasteiger partial charge < -0.3 is 21.9 Å². The summed E-state index contributed by atoms with van der Waals surface area (Å²) >= 11 is 4.97. The Kier molecular flexibility index (Phi) is 7.92. The van der Waals surface area contributed by atoms with Crippen LogP contribution in [0.1, 0.15) is 28.2 Å². The number of anilines is 1. The number of nitrogen functional groups attached to an aromatic ring is 1. The van der Waals surface area contributed by atoms with Gasteiger partial charge in [0.1, 0.15) is 0 Å². The van der Waals surface area contributed by atoms with Gasteiger partial charge in [-0.1, -0.05) is 48.6 Å². The van der Waals surface area contributed by atoms with Crippen molar-refractivity contribution in [1.82, 2.24) is 5.32 Å². The fourth-order valence-electron chi connectivity index (χ4n) is 2.84. The van der Waals surface area contributed by atoms with Gasteiger partial charge in [0.25, 0.3) is 0 Å². The van der Waals surface area contributed by atoms with E-state index in [1.165, 1.54) is 11.6 Å². The van der Waals surface area contributed by atoms with E-state index in [0.717, 1.165) is 29.8 Å². The molecule has 1 atom stereocenters. The lowest BCUT2D eigenvalue weighted by Gasteiger charge is -2.13. The molecule has 2 aromatic carbocycles. The predicted octanol–water partition coefficient (Wildman–Crippen LogP) is 3.91. The van der Waals surface area contributed by atoms with E-state index in [9.17, 15) is 0 Å². The maximum absolute atomic E-state index is 8.45. The fraction of sp³-hybridized carbons (Fsp3) is 0.182. The Morgan fingerprint density at radius 1 is 1.18 bits per heavy atom. The highest BCUT2D eigenvalue weighted by atomic mass is 32.1. The summed E-state index contributed by atoms with van der Waals surface area (Å²) in [7, 11) is 0. The van der Waals surface area contributed by atoms with Crippen molar-refractivity contribution >= 4 is 40.9 Å².